The number of carbonyl (C=O) groups is 1. The fraction of sp³-hybridized carbons (Fsp3) is 0.900. The first-order valence-electron chi connectivity index (χ1n) is 5.08. The van der Waals surface area contributed by atoms with Gasteiger partial charge in [-0.15, -0.1) is 0 Å². The molecule has 4 nitrogen and oxygen atoms in total. The van der Waals surface area contributed by atoms with Crippen molar-refractivity contribution in [2.45, 2.75) is 44.2 Å². The molecule has 4 heteroatoms. The Kier molecular flexibility index (Phi) is 3.89. The average Bonchev–Trinajstić information content (AvgIpc) is 2.08. The molecular weight excluding hydrogens is 182 g/mol. The van der Waals surface area contributed by atoms with E-state index >= 15 is 0 Å². The zero-order chi connectivity index (χ0) is 10.6. The quantitative estimate of drug-likeness (QED) is 0.673. The van der Waals surface area contributed by atoms with Crippen LogP contribution in [0.1, 0.15) is 32.6 Å². The summed E-state index contributed by atoms with van der Waals surface area (Å²) in [5.41, 5.74) is -0.832. The monoisotopic (exact) mass is 201 g/mol. The molecule has 1 rings (SSSR count). The number of carboxylic acids is 1. The lowest BCUT2D eigenvalue weighted by molar-refractivity contribution is -0.145. The van der Waals surface area contributed by atoms with Crippen molar-refractivity contribution in [1.82, 2.24) is 5.32 Å². The number of rotatable bonds is 6. The second-order valence-electron chi connectivity index (χ2n) is 4.15. The molecule has 0 heterocycles. The molecule has 1 atom stereocenters. The van der Waals surface area contributed by atoms with Gasteiger partial charge in [-0.2, -0.15) is 0 Å². The van der Waals surface area contributed by atoms with E-state index in [-0.39, 0.29) is 0 Å². The highest BCUT2D eigenvalue weighted by molar-refractivity contribution is 5.78. The van der Waals surface area contributed by atoms with Crippen LogP contribution >= 0.6 is 0 Å². The van der Waals surface area contributed by atoms with Gasteiger partial charge < -0.3 is 9.84 Å². The van der Waals surface area contributed by atoms with E-state index in [1.54, 1.807) is 14.0 Å². The summed E-state index contributed by atoms with van der Waals surface area (Å²) < 4.78 is 4.92. The molecule has 0 radical (unpaired) electrons. The summed E-state index contributed by atoms with van der Waals surface area (Å²) in [4.78, 5) is 11.1. The molecule has 14 heavy (non-hydrogen) atoms. The lowest BCUT2D eigenvalue weighted by atomic mass is 9.88. The standard InChI is InChI=1S/C10H19NO3/c1-10(9(12)13,6-7-14-2)11-8-4-3-5-8/h8,11H,3-7H2,1-2H3,(H,12,13). The van der Waals surface area contributed by atoms with Gasteiger partial charge in [-0.25, -0.2) is 0 Å². The van der Waals surface area contributed by atoms with Crippen molar-refractivity contribution in [2.75, 3.05) is 13.7 Å². The van der Waals surface area contributed by atoms with Crippen molar-refractivity contribution in [2.24, 2.45) is 0 Å². The largest absolute Gasteiger partial charge is 0.480 e. The Bertz CT molecular complexity index is 204. The number of ether oxygens (including phenoxy) is 1. The first-order valence-corrected chi connectivity index (χ1v) is 5.08. The summed E-state index contributed by atoms with van der Waals surface area (Å²) in [5, 5.41) is 12.3. The van der Waals surface area contributed by atoms with E-state index in [0.717, 1.165) is 12.8 Å². The van der Waals surface area contributed by atoms with Gasteiger partial charge >= 0.3 is 5.97 Å². The van der Waals surface area contributed by atoms with Gasteiger partial charge in [-0.3, -0.25) is 10.1 Å². The van der Waals surface area contributed by atoms with E-state index < -0.39 is 11.5 Å². The van der Waals surface area contributed by atoms with Crippen molar-refractivity contribution in [3.63, 3.8) is 0 Å². The topological polar surface area (TPSA) is 58.6 Å². The van der Waals surface area contributed by atoms with Crippen LogP contribution in [0.15, 0.2) is 0 Å². The van der Waals surface area contributed by atoms with Crippen molar-refractivity contribution < 1.29 is 14.6 Å². The Morgan fingerprint density at radius 2 is 2.29 bits per heavy atom. The minimum Gasteiger partial charge on any atom is -0.480 e. The van der Waals surface area contributed by atoms with Gasteiger partial charge in [-0.05, 0) is 26.2 Å². The zero-order valence-corrected chi connectivity index (χ0v) is 8.88. The Morgan fingerprint density at radius 1 is 1.64 bits per heavy atom. The van der Waals surface area contributed by atoms with Gasteiger partial charge in [0, 0.05) is 19.8 Å². The van der Waals surface area contributed by atoms with Crippen LogP contribution in [0.2, 0.25) is 0 Å². The van der Waals surface area contributed by atoms with E-state index in [9.17, 15) is 4.79 Å². The van der Waals surface area contributed by atoms with Gasteiger partial charge in [0.15, 0.2) is 0 Å². The van der Waals surface area contributed by atoms with E-state index in [1.165, 1.54) is 6.42 Å². The van der Waals surface area contributed by atoms with Crippen molar-refractivity contribution in [3.05, 3.63) is 0 Å². The summed E-state index contributed by atoms with van der Waals surface area (Å²) in [6.07, 6.45) is 3.90. The molecule has 0 spiro atoms. The maximum absolute atomic E-state index is 11.1. The van der Waals surface area contributed by atoms with Crippen molar-refractivity contribution in [3.8, 4) is 0 Å². The molecule has 0 saturated heterocycles. The van der Waals surface area contributed by atoms with E-state index in [2.05, 4.69) is 5.32 Å². The SMILES string of the molecule is COCCC(C)(NC1CCC1)C(=O)O. The number of nitrogens with one attached hydrogen (secondary N) is 1. The fourth-order valence-electron chi connectivity index (χ4n) is 1.55. The molecule has 1 aliphatic carbocycles. The number of hydrogen-bond acceptors (Lipinski definition) is 3. The van der Waals surface area contributed by atoms with Gasteiger partial charge in [0.2, 0.25) is 0 Å². The van der Waals surface area contributed by atoms with Gasteiger partial charge in [-0.1, -0.05) is 6.42 Å². The summed E-state index contributed by atoms with van der Waals surface area (Å²) in [5.74, 6) is -0.790. The fourth-order valence-corrected chi connectivity index (χ4v) is 1.55. The van der Waals surface area contributed by atoms with Crippen LogP contribution in [0.4, 0.5) is 0 Å². The average molecular weight is 201 g/mol. The van der Waals surface area contributed by atoms with Gasteiger partial charge in [0.05, 0.1) is 0 Å². The van der Waals surface area contributed by atoms with Crippen LogP contribution in [0.25, 0.3) is 0 Å². The maximum atomic E-state index is 11.1. The maximum Gasteiger partial charge on any atom is 0.323 e. The summed E-state index contributed by atoms with van der Waals surface area (Å²) in [6, 6.07) is 0.382. The second-order valence-corrected chi connectivity index (χ2v) is 4.15. The van der Waals surface area contributed by atoms with E-state index in [4.69, 9.17) is 9.84 Å². The summed E-state index contributed by atoms with van der Waals surface area (Å²) in [6.45, 7) is 2.20. The van der Waals surface area contributed by atoms with E-state index in [0.29, 0.717) is 19.1 Å². The third-order valence-electron chi connectivity index (χ3n) is 2.91. The number of methoxy groups -OCH3 is 1. The Morgan fingerprint density at radius 3 is 2.64 bits per heavy atom. The molecule has 2 N–H and O–H groups in total. The molecule has 0 bridgehead atoms. The number of hydrogen-bond donors (Lipinski definition) is 2. The minimum absolute atomic E-state index is 0.382. The molecule has 1 saturated carbocycles. The molecule has 0 aliphatic heterocycles. The number of carboxylic acid groups (broad SMARTS) is 1. The smallest absolute Gasteiger partial charge is 0.323 e. The Labute approximate surface area is 84.6 Å². The summed E-state index contributed by atoms with van der Waals surface area (Å²) >= 11 is 0. The lowest BCUT2D eigenvalue weighted by Crippen LogP contribution is -2.56. The molecule has 0 amide bonds. The van der Waals surface area contributed by atoms with Crippen molar-refractivity contribution >= 4 is 5.97 Å². The van der Waals surface area contributed by atoms with Crippen molar-refractivity contribution in [1.29, 1.82) is 0 Å². The highest BCUT2D eigenvalue weighted by Gasteiger charge is 2.36. The summed E-state index contributed by atoms with van der Waals surface area (Å²) in [7, 11) is 1.59. The zero-order valence-electron chi connectivity index (χ0n) is 8.88. The molecule has 1 unspecified atom stereocenters. The highest BCUT2D eigenvalue weighted by Crippen LogP contribution is 2.22. The molecule has 0 aromatic rings. The first kappa shape index (κ1) is 11.5. The van der Waals surface area contributed by atoms with E-state index in [1.807, 2.05) is 0 Å². The molecule has 1 aliphatic rings. The molecule has 0 aromatic carbocycles. The molecule has 82 valence electrons. The Hall–Kier alpha value is -0.610. The minimum atomic E-state index is -0.832. The van der Waals surface area contributed by atoms with Crippen LogP contribution in [-0.4, -0.2) is 36.4 Å². The van der Waals surface area contributed by atoms with Crippen LogP contribution in [0, 0.1) is 0 Å². The van der Waals surface area contributed by atoms with Crippen LogP contribution in [0.5, 0.6) is 0 Å². The highest BCUT2D eigenvalue weighted by atomic mass is 16.5. The molecule has 0 aromatic heterocycles. The van der Waals surface area contributed by atoms with Crippen LogP contribution in [-0.2, 0) is 9.53 Å². The third-order valence-corrected chi connectivity index (χ3v) is 2.91. The first-order chi connectivity index (χ1) is 6.58. The Balaban J connectivity index is 2.46. The van der Waals surface area contributed by atoms with Crippen LogP contribution in [0.3, 0.4) is 0 Å². The van der Waals surface area contributed by atoms with Gasteiger partial charge in [0.1, 0.15) is 5.54 Å². The predicted molar refractivity (Wildman–Crippen MR) is 53.3 cm³/mol. The molecule has 1 fully saturated rings. The normalized spacial score (nSPS) is 21.3. The lowest BCUT2D eigenvalue weighted by Gasteiger charge is -2.35. The number of aliphatic carboxylic acids is 1. The predicted octanol–water partition coefficient (Wildman–Crippen LogP) is 1.01. The second kappa shape index (κ2) is 4.75. The van der Waals surface area contributed by atoms with Gasteiger partial charge in [0.25, 0.3) is 0 Å². The third kappa shape index (κ3) is 2.69. The molecular formula is C10H19NO3. The van der Waals surface area contributed by atoms with Crippen LogP contribution < -0.4 is 5.32 Å².